The van der Waals surface area contributed by atoms with Crippen LogP contribution in [0.2, 0.25) is 5.02 Å². The van der Waals surface area contributed by atoms with E-state index in [1.54, 1.807) is 37.6 Å². The van der Waals surface area contributed by atoms with Crippen molar-refractivity contribution in [3.05, 3.63) is 51.1 Å². The zero-order chi connectivity index (χ0) is 15.7. The molecule has 2 N–H and O–H groups in total. The Hall–Kier alpha value is -1.87. The maximum absolute atomic E-state index is 11.6. The molecule has 6 nitrogen and oxygen atoms in total. The fourth-order valence-electron chi connectivity index (χ4n) is 2.03. The van der Waals surface area contributed by atoms with E-state index in [0.717, 1.165) is 15.0 Å². The molecule has 8 heteroatoms. The highest BCUT2D eigenvalue weighted by Crippen LogP contribution is 2.25. The maximum Gasteiger partial charge on any atom is 0.252 e. The van der Waals surface area contributed by atoms with Gasteiger partial charge in [0.25, 0.3) is 5.91 Å². The van der Waals surface area contributed by atoms with Gasteiger partial charge in [-0.1, -0.05) is 11.6 Å². The number of hydrogen-bond acceptors (Lipinski definition) is 4. The SMILES string of the molecule is CNC(=O)c1ccc(Nc2nccn3c(I)cnc23)cc1Cl. The molecule has 22 heavy (non-hydrogen) atoms. The molecule has 112 valence electrons. The summed E-state index contributed by atoms with van der Waals surface area (Å²) in [7, 11) is 1.56. The minimum Gasteiger partial charge on any atom is -0.355 e. The lowest BCUT2D eigenvalue weighted by Gasteiger charge is -2.09. The van der Waals surface area contributed by atoms with Crippen molar-refractivity contribution in [1.29, 1.82) is 0 Å². The molecule has 0 aliphatic carbocycles. The molecule has 3 rings (SSSR count). The van der Waals surface area contributed by atoms with E-state index in [4.69, 9.17) is 11.6 Å². The van der Waals surface area contributed by atoms with Crippen LogP contribution >= 0.6 is 34.2 Å². The molecule has 0 radical (unpaired) electrons. The van der Waals surface area contributed by atoms with Crippen LogP contribution in [0.1, 0.15) is 10.4 Å². The maximum atomic E-state index is 11.6. The van der Waals surface area contributed by atoms with Crippen molar-refractivity contribution in [2.24, 2.45) is 0 Å². The van der Waals surface area contributed by atoms with Gasteiger partial charge in [0.1, 0.15) is 3.70 Å². The van der Waals surface area contributed by atoms with Gasteiger partial charge in [0.2, 0.25) is 0 Å². The fraction of sp³-hybridized carbons (Fsp3) is 0.0714. The topological polar surface area (TPSA) is 71.3 Å². The summed E-state index contributed by atoms with van der Waals surface area (Å²) in [5, 5.41) is 6.09. The second-order valence-electron chi connectivity index (χ2n) is 4.45. The summed E-state index contributed by atoms with van der Waals surface area (Å²) in [6, 6.07) is 5.12. The zero-order valence-corrected chi connectivity index (χ0v) is 14.4. The molecule has 0 saturated carbocycles. The van der Waals surface area contributed by atoms with Crippen LogP contribution in [-0.2, 0) is 0 Å². The molecule has 0 spiro atoms. The van der Waals surface area contributed by atoms with Crippen LogP contribution in [0.15, 0.2) is 36.8 Å². The van der Waals surface area contributed by atoms with Gasteiger partial charge >= 0.3 is 0 Å². The van der Waals surface area contributed by atoms with E-state index >= 15 is 0 Å². The van der Waals surface area contributed by atoms with Gasteiger partial charge in [-0.25, -0.2) is 9.97 Å². The lowest BCUT2D eigenvalue weighted by Crippen LogP contribution is -2.18. The molecule has 2 heterocycles. The molecule has 3 aromatic rings. The molecule has 0 unspecified atom stereocenters. The van der Waals surface area contributed by atoms with E-state index in [9.17, 15) is 4.79 Å². The van der Waals surface area contributed by atoms with Crippen LogP contribution in [0, 0.1) is 3.70 Å². The van der Waals surface area contributed by atoms with E-state index in [1.165, 1.54) is 0 Å². The highest BCUT2D eigenvalue weighted by atomic mass is 127. The normalized spacial score (nSPS) is 10.7. The van der Waals surface area contributed by atoms with E-state index in [2.05, 4.69) is 43.2 Å². The number of halogens is 2. The van der Waals surface area contributed by atoms with Gasteiger partial charge < -0.3 is 10.6 Å². The minimum atomic E-state index is -0.223. The first-order valence-corrected chi connectivity index (χ1v) is 7.82. The van der Waals surface area contributed by atoms with Crippen molar-refractivity contribution < 1.29 is 4.79 Å². The third-order valence-electron chi connectivity index (χ3n) is 3.09. The zero-order valence-electron chi connectivity index (χ0n) is 11.5. The lowest BCUT2D eigenvalue weighted by atomic mass is 10.2. The van der Waals surface area contributed by atoms with Crippen LogP contribution in [0.25, 0.3) is 5.65 Å². The summed E-state index contributed by atoms with van der Waals surface area (Å²) < 4.78 is 2.92. The highest BCUT2D eigenvalue weighted by Gasteiger charge is 2.11. The minimum absolute atomic E-state index is 0.223. The van der Waals surface area contributed by atoms with Crippen molar-refractivity contribution in [2.75, 3.05) is 12.4 Å². The quantitative estimate of drug-likeness (QED) is 0.630. The summed E-state index contributed by atoms with van der Waals surface area (Å²) in [5.74, 6) is 0.397. The van der Waals surface area contributed by atoms with Crippen molar-refractivity contribution in [1.82, 2.24) is 19.7 Å². The van der Waals surface area contributed by atoms with Gasteiger partial charge in [-0.15, -0.1) is 0 Å². The standard InChI is InChI=1S/C14H11ClIN5O/c1-17-14(22)9-3-2-8(6-10(9)15)20-12-13-19-7-11(16)21(13)5-4-18-12/h2-7H,1H3,(H,17,22)(H,18,20). The Kier molecular flexibility index (Phi) is 4.16. The first-order chi connectivity index (χ1) is 10.6. The number of benzene rings is 1. The van der Waals surface area contributed by atoms with Gasteiger partial charge in [0.15, 0.2) is 11.5 Å². The van der Waals surface area contributed by atoms with Crippen LogP contribution < -0.4 is 10.6 Å². The molecule has 0 saturated heterocycles. The first kappa shape index (κ1) is 15.0. The van der Waals surface area contributed by atoms with Crippen LogP contribution in [0.4, 0.5) is 11.5 Å². The largest absolute Gasteiger partial charge is 0.355 e. The molecule has 1 aromatic carbocycles. The van der Waals surface area contributed by atoms with E-state index < -0.39 is 0 Å². The van der Waals surface area contributed by atoms with Gasteiger partial charge in [0.05, 0.1) is 16.8 Å². The summed E-state index contributed by atoms with van der Waals surface area (Å²) in [6.45, 7) is 0. The molecule has 2 aromatic heterocycles. The van der Waals surface area contributed by atoms with Crippen LogP contribution in [0.5, 0.6) is 0 Å². The van der Waals surface area contributed by atoms with E-state index in [0.29, 0.717) is 16.4 Å². The van der Waals surface area contributed by atoms with Gasteiger partial charge in [-0.3, -0.25) is 9.20 Å². The molecule has 0 atom stereocenters. The Bertz CT molecular complexity index is 864. The summed E-state index contributed by atoms with van der Waals surface area (Å²) in [4.78, 5) is 20.3. The van der Waals surface area contributed by atoms with Gasteiger partial charge in [-0.2, -0.15) is 0 Å². The number of amides is 1. The summed E-state index contributed by atoms with van der Waals surface area (Å²) >= 11 is 8.35. The van der Waals surface area contributed by atoms with Crippen molar-refractivity contribution in [3.8, 4) is 0 Å². The monoisotopic (exact) mass is 427 g/mol. The second kappa shape index (κ2) is 6.09. The molecule has 0 aliphatic rings. The number of imidazole rings is 1. The van der Waals surface area contributed by atoms with E-state index in [1.807, 2.05) is 10.6 Å². The molecular formula is C14H11ClIN5O. The molecule has 0 aliphatic heterocycles. The predicted octanol–water partition coefficient (Wildman–Crippen LogP) is 3.09. The third-order valence-corrected chi connectivity index (χ3v) is 4.20. The highest BCUT2D eigenvalue weighted by molar-refractivity contribution is 14.1. The summed E-state index contributed by atoms with van der Waals surface area (Å²) in [5.41, 5.74) is 1.88. The number of carbonyl (C=O) groups excluding carboxylic acids is 1. The van der Waals surface area contributed by atoms with Gasteiger partial charge in [-0.05, 0) is 40.8 Å². The summed E-state index contributed by atoms with van der Waals surface area (Å²) in [6.07, 6.45) is 5.31. The van der Waals surface area contributed by atoms with Crippen molar-refractivity contribution >= 4 is 57.3 Å². The number of rotatable bonds is 3. The number of anilines is 2. The predicted molar refractivity (Wildman–Crippen MR) is 93.8 cm³/mol. The van der Waals surface area contributed by atoms with Crippen LogP contribution in [0.3, 0.4) is 0 Å². The number of nitrogens with zero attached hydrogens (tertiary/aromatic N) is 3. The van der Waals surface area contributed by atoms with Crippen molar-refractivity contribution in [3.63, 3.8) is 0 Å². The fourth-order valence-corrected chi connectivity index (χ4v) is 2.82. The molecule has 1 amide bonds. The third kappa shape index (κ3) is 2.73. The van der Waals surface area contributed by atoms with Gasteiger partial charge in [0, 0.05) is 25.1 Å². The van der Waals surface area contributed by atoms with Crippen molar-refractivity contribution in [2.45, 2.75) is 0 Å². The number of aromatic nitrogens is 3. The average molecular weight is 428 g/mol. The average Bonchev–Trinajstić information content (AvgIpc) is 2.89. The number of fused-ring (bicyclic) bond motifs is 1. The molecule has 0 fully saturated rings. The number of carbonyl (C=O) groups is 1. The Labute approximate surface area is 145 Å². The Balaban J connectivity index is 1.95. The first-order valence-electron chi connectivity index (χ1n) is 6.36. The lowest BCUT2D eigenvalue weighted by molar-refractivity contribution is 0.0963. The smallest absolute Gasteiger partial charge is 0.252 e. The number of hydrogen-bond donors (Lipinski definition) is 2. The second-order valence-corrected chi connectivity index (χ2v) is 5.96. The Morgan fingerprint density at radius 2 is 2.18 bits per heavy atom. The van der Waals surface area contributed by atoms with Crippen LogP contribution in [-0.4, -0.2) is 27.3 Å². The Morgan fingerprint density at radius 1 is 1.36 bits per heavy atom. The molecular weight excluding hydrogens is 417 g/mol. The number of nitrogens with one attached hydrogen (secondary N) is 2. The molecule has 0 bridgehead atoms. The Morgan fingerprint density at radius 3 is 2.91 bits per heavy atom. The van der Waals surface area contributed by atoms with E-state index in [-0.39, 0.29) is 5.91 Å².